The second-order valence-electron chi connectivity index (χ2n) is 3.64. The summed E-state index contributed by atoms with van der Waals surface area (Å²) in [6.45, 7) is 0. The van der Waals surface area contributed by atoms with E-state index < -0.39 is 0 Å². The molecule has 0 radical (unpaired) electrons. The van der Waals surface area contributed by atoms with E-state index in [0.717, 1.165) is 15.8 Å². The van der Waals surface area contributed by atoms with E-state index >= 15 is 0 Å². The summed E-state index contributed by atoms with van der Waals surface area (Å²) in [6.07, 6.45) is 0. The second kappa shape index (κ2) is 4.02. The van der Waals surface area contributed by atoms with Crippen LogP contribution in [0.3, 0.4) is 0 Å². The van der Waals surface area contributed by atoms with Crippen molar-refractivity contribution in [3.63, 3.8) is 0 Å². The first-order chi connectivity index (χ1) is 8.27. The van der Waals surface area contributed by atoms with Crippen LogP contribution in [0, 0.1) is 0 Å². The van der Waals surface area contributed by atoms with Gasteiger partial charge in [-0.05, 0) is 24.3 Å². The van der Waals surface area contributed by atoms with Crippen LogP contribution in [0.1, 0.15) is 0 Å². The predicted molar refractivity (Wildman–Crippen MR) is 72.4 cm³/mol. The highest BCUT2D eigenvalue weighted by molar-refractivity contribution is 7.14. The van der Waals surface area contributed by atoms with Gasteiger partial charge in [0, 0.05) is 0 Å². The van der Waals surface area contributed by atoms with Gasteiger partial charge in [0.2, 0.25) is 0 Å². The van der Waals surface area contributed by atoms with Crippen molar-refractivity contribution >= 4 is 33.2 Å². The van der Waals surface area contributed by atoms with Gasteiger partial charge >= 0.3 is 0 Å². The molecule has 0 spiro atoms. The topological polar surface area (TPSA) is 22.0 Å². The largest absolute Gasteiger partial charge is 0.273 e. The van der Waals surface area contributed by atoms with E-state index in [4.69, 9.17) is 11.6 Å². The van der Waals surface area contributed by atoms with Crippen LogP contribution in [0.15, 0.2) is 53.3 Å². The van der Waals surface area contributed by atoms with Crippen molar-refractivity contribution in [1.29, 1.82) is 0 Å². The van der Waals surface area contributed by atoms with Gasteiger partial charge in [-0.3, -0.25) is 4.79 Å². The summed E-state index contributed by atoms with van der Waals surface area (Å²) in [7, 11) is 0. The second-order valence-corrected chi connectivity index (χ2v) is 5.03. The van der Waals surface area contributed by atoms with Crippen LogP contribution in [0.4, 0.5) is 0 Å². The minimum atomic E-state index is -0.0151. The third-order valence-corrected chi connectivity index (χ3v) is 3.98. The first kappa shape index (κ1) is 10.6. The molecule has 0 bridgehead atoms. The standard InChI is InChI=1S/C13H8ClNOS/c14-10-6-2-3-7-11(10)15-13(16)9-5-1-4-8-12(9)17-15/h1-8H. The molecule has 3 aromatic rings. The Labute approximate surface area is 107 Å². The molecule has 4 heteroatoms. The van der Waals surface area contributed by atoms with E-state index in [1.807, 2.05) is 42.5 Å². The Balaban J connectivity index is 2.36. The molecule has 0 saturated heterocycles. The molecule has 17 heavy (non-hydrogen) atoms. The monoisotopic (exact) mass is 261 g/mol. The highest BCUT2D eigenvalue weighted by atomic mass is 35.5. The van der Waals surface area contributed by atoms with Crippen molar-refractivity contribution in [2.24, 2.45) is 0 Å². The zero-order valence-electron chi connectivity index (χ0n) is 8.76. The zero-order valence-corrected chi connectivity index (χ0v) is 10.3. The lowest BCUT2D eigenvalue weighted by molar-refractivity contribution is 1.14. The molecule has 2 nitrogen and oxygen atoms in total. The molecule has 0 aliphatic carbocycles. The fraction of sp³-hybridized carbons (Fsp3) is 0. The molecule has 0 saturated carbocycles. The Bertz CT molecular complexity index is 744. The maximum Gasteiger partial charge on any atom is 0.273 e. The SMILES string of the molecule is O=c1c2ccccc2sn1-c1ccccc1Cl. The maximum atomic E-state index is 12.2. The van der Waals surface area contributed by atoms with Crippen LogP contribution < -0.4 is 5.56 Å². The van der Waals surface area contributed by atoms with Crippen molar-refractivity contribution in [3.8, 4) is 5.69 Å². The van der Waals surface area contributed by atoms with Crippen LogP contribution in [0.25, 0.3) is 15.8 Å². The van der Waals surface area contributed by atoms with Gasteiger partial charge in [-0.1, -0.05) is 47.4 Å². The Morgan fingerprint density at radius 2 is 1.71 bits per heavy atom. The Morgan fingerprint density at radius 1 is 1.00 bits per heavy atom. The minimum absolute atomic E-state index is 0.0151. The van der Waals surface area contributed by atoms with E-state index in [1.54, 1.807) is 10.0 Å². The molecule has 1 aromatic heterocycles. The normalized spacial score (nSPS) is 10.9. The van der Waals surface area contributed by atoms with Crippen molar-refractivity contribution in [2.45, 2.75) is 0 Å². The number of hydrogen-bond donors (Lipinski definition) is 0. The van der Waals surface area contributed by atoms with Crippen LogP contribution in [-0.4, -0.2) is 3.96 Å². The smallest absolute Gasteiger partial charge is 0.267 e. The number of hydrogen-bond acceptors (Lipinski definition) is 2. The van der Waals surface area contributed by atoms with Crippen molar-refractivity contribution < 1.29 is 0 Å². The lowest BCUT2D eigenvalue weighted by atomic mass is 10.3. The molecule has 3 rings (SSSR count). The first-order valence-electron chi connectivity index (χ1n) is 5.13. The van der Waals surface area contributed by atoms with Crippen molar-refractivity contribution in [3.05, 3.63) is 63.9 Å². The molecular weight excluding hydrogens is 254 g/mol. The van der Waals surface area contributed by atoms with Crippen molar-refractivity contribution in [2.75, 3.05) is 0 Å². The average Bonchev–Trinajstić information content (AvgIpc) is 2.68. The lowest BCUT2D eigenvalue weighted by Gasteiger charge is -2.01. The summed E-state index contributed by atoms with van der Waals surface area (Å²) < 4.78 is 2.60. The highest BCUT2D eigenvalue weighted by Gasteiger charge is 2.10. The first-order valence-corrected chi connectivity index (χ1v) is 6.28. The molecule has 0 aliphatic heterocycles. The molecule has 84 valence electrons. The minimum Gasteiger partial charge on any atom is -0.267 e. The Hall–Kier alpha value is -1.58. The summed E-state index contributed by atoms with van der Waals surface area (Å²) in [5.74, 6) is 0. The number of nitrogens with zero attached hydrogens (tertiary/aromatic N) is 1. The summed E-state index contributed by atoms with van der Waals surface area (Å²) in [5, 5.41) is 1.32. The molecule has 0 N–H and O–H groups in total. The van der Waals surface area contributed by atoms with Gasteiger partial charge in [-0.25, -0.2) is 3.96 Å². The molecule has 0 atom stereocenters. The van der Waals surface area contributed by atoms with E-state index in [9.17, 15) is 4.79 Å². The van der Waals surface area contributed by atoms with E-state index in [2.05, 4.69) is 0 Å². The van der Waals surface area contributed by atoms with Gasteiger partial charge in [0.25, 0.3) is 5.56 Å². The number of rotatable bonds is 1. The van der Waals surface area contributed by atoms with Gasteiger partial charge in [-0.2, -0.15) is 0 Å². The Kier molecular flexibility index (Phi) is 2.50. The van der Waals surface area contributed by atoms with Crippen LogP contribution in [0.2, 0.25) is 5.02 Å². The highest BCUT2D eigenvalue weighted by Crippen LogP contribution is 2.24. The summed E-state index contributed by atoms with van der Waals surface area (Å²) in [6, 6.07) is 14.9. The van der Waals surface area contributed by atoms with Gasteiger partial charge in [0.15, 0.2) is 0 Å². The van der Waals surface area contributed by atoms with Crippen LogP contribution in [0.5, 0.6) is 0 Å². The van der Waals surface area contributed by atoms with Gasteiger partial charge in [-0.15, -0.1) is 0 Å². The molecule has 0 aliphatic rings. The average molecular weight is 262 g/mol. The number of benzene rings is 2. The van der Waals surface area contributed by atoms with E-state index in [1.165, 1.54) is 11.5 Å². The number of halogens is 1. The van der Waals surface area contributed by atoms with Crippen LogP contribution >= 0.6 is 23.1 Å². The molecule has 2 aromatic carbocycles. The third-order valence-electron chi connectivity index (χ3n) is 2.56. The Morgan fingerprint density at radius 3 is 2.47 bits per heavy atom. The maximum absolute atomic E-state index is 12.2. The zero-order chi connectivity index (χ0) is 11.8. The fourth-order valence-electron chi connectivity index (χ4n) is 1.75. The fourth-order valence-corrected chi connectivity index (χ4v) is 3.05. The van der Waals surface area contributed by atoms with E-state index in [-0.39, 0.29) is 5.56 Å². The summed E-state index contributed by atoms with van der Waals surface area (Å²) in [5.41, 5.74) is 0.721. The van der Waals surface area contributed by atoms with Crippen LogP contribution in [-0.2, 0) is 0 Å². The summed E-state index contributed by atoms with van der Waals surface area (Å²) >= 11 is 7.52. The van der Waals surface area contributed by atoms with Gasteiger partial charge in [0.1, 0.15) is 0 Å². The number of fused-ring (bicyclic) bond motifs is 1. The summed E-state index contributed by atoms with van der Waals surface area (Å²) in [4.78, 5) is 12.2. The number of para-hydroxylation sites is 1. The molecule has 0 unspecified atom stereocenters. The predicted octanol–water partition coefficient (Wildman–Crippen LogP) is 3.71. The van der Waals surface area contributed by atoms with Crippen molar-refractivity contribution in [1.82, 2.24) is 3.96 Å². The third kappa shape index (κ3) is 1.68. The molecule has 0 fully saturated rings. The quantitative estimate of drug-likeness (QED) is 0.655. The van der Waals surface area contributed by atoms with E-state index in [0.29, 0.717) is 5.02 Å². The molecule has 0 amide bonds. The number of aromatic nitrogens is 1. The van der Waals surface area contributed by atoms with Gasteiger partial charge in [0.05, 0.1) is 20.8 Å². The molecule has 1 heterocycles. The lowest BCUT2D eigenvalue weighted by Crippen LogP contribution is -2.10. The molecular formula is C13H8ClNOS. The van der Waals surface area contributed by atoms with Gasteiger partial charge < -0.3 is 0 Å².